The summed E-state index contributed by atoms with van der Waals surface area (Å²) in [6.45, 7) is 0.915. The molecule has 0 unspecified atom stereocenters. The number of hydrogen-bond donors (Lipinski definition) is 1. The zero-order valence-electron chi connectivity index (χ0n) is 11.0. The van der Waals surface area contributed by atoms with Crippen molar-refractivity contribution in [3.05, 3.63) is 41.4 Å². The summed E-state index contributed by atoms with van der Waals surface area (Å²) < 4.78 is 5.64. The first-order valence-corrected chi connectivity index (χ1v) is 6.53. The summed E-state index contributed by atoms with van der Waals surface area (Å²) >= 11 is 5.93. The molecule has 0 saturated heterocycles. The van der Waals surface area contributed by atoms with Gasteiger partial charge < -0.3 is 9.52 Å². The highest BCUT2D eigenvalue weighted by Crippen LogP contribution is 2.23. The zero-order valence-corrected chi connectivity index (χ0v) is 11.8. The van der Waals surface area contributed by atoms with E-state index in [1.807, 2.05) is 24.1 Å². The second-order valence-corrected chi connectivity index (χ2v) is 4.95. The van der Waals surface area contributed by atoms with Crippen LogP contribution in [0.5, 0.6) is 0 Å². The fourth-order valence-electron chi connectivity index (χ4n) is 1.76. The summed E-state index contributed by atoms with van der Waals surface area (Å²) in [6, 6.07) is 7.34. The molecule has 0 aliphatic carbocycles. The lowest BCUT2D eigenvalue weighted by atomic mass is 10.2. The van der Waals surface area contributed by atoms with Gasteiger partial charge in [-0.1, -0.05) is 23.7 Å². The van der Waals surface area contributed by atoms with Crippen LogP contribution < -0.4 is 0 Å². The number of rotatable bonds is 6. The Bertz CT molecular complexity index is 598. The van der Waals surface area contributed by atoms with Crippen molar-refractivity contribution >= 4 is 17.6 Å². The smallest absolute Gasteiger partial charge is 0.304 e. The summed E-state index contributed by atoms with van der Waals surface area (Å²) in [7, 11) is 1.83. The maximum atomic E-state index is 10.5. The van der Waals surface area contributed by atoms with Gasteiger partial charge in [0.1, 0.15) is 0 Å². The molecule has 0 radical (unpaired) electrons. The van der Waals surface area contributed by atoms with E-state index in [2.05, 4.69) is 4.98 Å². The fraction of sp³-hybridized carbons (Fsp3) is 0.286. The van der Waals surface area contributed by atoms with Crippen LogP contribution in [0.2, 0.25) is 5.02 Å². The van der Waals surface area contributed by atoms with Crippen LogP contribution in [0.4, 0.5) is 0 Å². The molecule has 1 aromatic heterocycles. The van der Waals surface area contributed by atoms with Gasteiger partial charge in [0, 0.05) is 17.1 Å². The molecule has 0 spiro atoms. The minimum Gasteiger partial charge on any atom is -0.481 e. The molecule has 2 aromatic rings. The predicted octanol–water partition coefficient (Wildman–Crippen LogP) is 2.90. The van der Waals surface area contributed by atoms with E-state index in [9.17, 15) is 4.79 Å². The molecular weight excluding hydrogens is 280 g/mol. The standard InChI is InChI=1S/C14H15ClN2O3/c1-17(6-5-14(18)19)9-13-16-8-12(20-13)10-3-2-4-11(15)7-10/h2-4,7-8H,5-6,9H2,1H3,(H,18,19). The molecule has 1 N–H and O–H groups in total. The second kappa shape index (κ2) is 6.54. The Labute approximate surface area is 121 Å². The lowest BCUT2D eigenvalue weighted by molar-refractivity contribution is -0.137. The molecule has 0 atom stereocenters. The van der Waals surface area contributed by atoms with Crippen molar-refractivity contribution in [1.82, 2.24) is 9.88 Å². The van der Waals surface area contributed by atoms with Crippen LogP contribution in [0.1, 0.15) is 12.3 Å². The van der Waals surface area contributed by atoms with E-state index in [-0.39, 0.29) is 6.42 Å². The number of benzene rings is 1. The molecule has 0 bridgehead atoms. The van der Waals surface area contributed by atoms with Crippen molar-refractivity contribution in [1.29, 1.82) is 0 Å². The van der Waals surface area contributed by atoms with Crippen LogP contribution in [0.25, 0.3) is 11.3 Å². The van der Waals surface area contributed by atoms with E-state index < -0.39 is 5.97 Å². The Morgan fingerprint density at radius 3 is 3.00 bits per heavy atom. The van der Waals surface area contributed by atoms with Gasteiger partial charge in [0.05, 0.1) is 19.2 Å². The van der Waals surface area contributed by atoms with E-state index in [1.165, 1.54) is 0 Å². The van der Waals surface area contributed by atoms with Gasteiger partial charge in [0.2, 0.25) is 5.89 Å². The van der Waals surface area contributed by atoms with Gasteiger partial charge in [-0.05, 0) is 19.2 Å². The van der Waals surface area contributed by atoms with Gasteiger partial charge in [-0.3, -0.25) is 9.69 Å². The average molecular weight is 295 g/mol. The molecule has 0 aliphatic rings. The van der Waals surface area contributed by atoms with Gasteiger partial charge >= 0.3 is 5.97 Å². The number of carboxylic acids is 1. The van der Waals surface area contributed by atoms with Crippen LogP contribution in [0, 0.1) is 0 Å². The number of carboxylic acid groups (broad SMARTS) is 1. The van der Waals surface area contributed by atoms with E-state index in [4.69, 9.17) is 21.1 Å². The SMILES string of the molecule is CN(CCC(=O)O)Cc1ncc(-c2cccc(Cl)c2)o1. The Balaban J connectivity index is 2.00. The summed E-state index contributed by atoms with van der Waals surface area (Å²) in [5.74, 6) is 0.380. The lowest BCUT2D eigenvalue weighted by Crippen LogP contribution is -2.21. The lowest BCUT2D eigenvalue weighted by Gasteiger charge is -2.12. The van der Waals surface area contributed by atoms with Crippen molar-refractivity contribution in [3.8, 4) is 11.3 Å². The first-order chi connectivity index (χ1) is 9.54. The second-order valence-electron chi connectivity index (χ2n) is 4.51. The number of hydrogen-bond acceptors (Lipinski definition) is 4. The van der Waals surface area contributed by atoms with Crippen molar-refractivity contribution in [2.24, 2.45) is 0 Å². The molecule has 1 heterocycles. The summed E-state index contributed by atoms with van der Waals surface area (Å²) in [6.07, 6.45) is 1.74. The zero-order chi connectivity index (χ0) is 14.5. The van der Waals surface area contributed by atoms with Crippen LogP contribution in [0.3, 0.4) is 0 Å². The predicted molar refractivity (Wildman–Crippen MR) is 75.5 cm³/mol. The third-order valence-electron chi connectivity index (χ3n) is 2.78. The monoisotopic (exact) mass is 294 g/mol. The molecular formula is C14H15ClN2O3. The van der Waals surface area contributed by atoms with Crippen LogP contribution >= 0.6 is 11.6 Å². The van der Waals surface area contributed by atoms with E-state index >= 15 is 0 Å². The minimum absolute atomic E-state index is 0.0956. The Hall–Kier alpha value is -1.85. The highest BCUT2D eigenvalue weighted by molar-refractivity contribution is 6.30. The first kappa shape index (κ1) is 14.6. The Kier molecular flexibility index (Phi) is 4.76. The normalized spacial score (nSPS) is 10.9. The number of oxazole rings is 1. The maximum absolute atomic E-state index is 10.5. The van der Waals surface area contributed by atoms with Gasteiger partial charge in [-0.25, -0.2) is 4.98 Å². The third-order valence-corrected chi connectivity index (χ3v) is 3.01. The van der Waals surface area contributed by atoms with E-state index in [0.29, 0.717) is 29.8 Å². The van der Waals surface area contributed by atoms with Crippen LogP contribution in [-0.4, -0.2) is 34.6 Å². The molecule has 0 aliphatic heterocycles. The largest absolute Gasteiger partial charge is 0.481 e. The summed E-state index contributed by atoms with van der Waals surface area (Å²) in [5, 5.41) is 9.27. The van der Waals surface area contributed by atoms with Gasteiger partial charge in [0.25, 0.3) is 0 Å². The third kappa shape index (κ3) is 4.08. The summed E-state index contributed by atoms with van der Waals surface area (Å²) in [5.41, 5.74) is 0.865. The molecule has 1 aromatic carbocycles. The molecule has 2 rings (SSSR count). The van der Waals surface area contributed by atoms with Crippen LogP contribution in [-0.2, 0) is 11.3 Å². The van der Waals surface area contributed by atoms with Gasteiger partial charge in [-0.2, -0.15) is 0 Å². The highest BCUT2D eigenvalue weighted by atomic mass is 35.5. The maximum Gasteiger partial charge on any atom is 0.304 e. The minimum atomic E-state index is -0.816. The van der Waals surface area contributed by atoms with Crippen molar-refractivity contribution in [2.45, 2.75) is 13.0 Å². The first-order valence-electron chi connectivity index (χ1n) is 6.15. The number of carbonyl (C=O) groups is 1. The molecule has 20 heavy (non-hydrogen) atoms. The quantitative estimate of drug-likeness (QED) is 0.887. The number of halogens is 1. The van der Waals surface area contributed by atoms with E-state index in [1.54, 1.807) is 18.3 Å². The molecule has 106 valence electrons. The molecule has 6 heteroatoms. The molecule has 0 amide bonds. The summed E-state index contributed by atoms with van der Waals surface area (Å²) in [4.78, 5) is 16.5. The highest BCUT2D eigenvalue weighted by Gasteiger charge is 2.10. The molecule has 5 nitrogen and oxygen atoms in total. The number of aromatic nitrogens is 1. The van der Waals surface area contributed by atoms with Crippen LogP contribution in [0.15, 0.2) is 34.9 Å². The number of nitrogens with zero attached hydrogens (tertiary/aromatic N) is 2. The Morgan fingerprint density at radius 2 is 2.30 bits per heavy atom. The van der Waals surface area contributed by atoms with Crippen molar-refractivity contribution in [3.63, 3.8) is 0 Å². The topological polar surface area (TPSA) is 66.6 Å². The van der Waals surface area contributed by atoms with Gasteiger partial charge in [0.15, 0.2) is 5.76 Å². The van der Waals surface area contributed by atoms with Crippen molar-refractivity contribution in [2.75, 3.05) is 13.6 Å². The average Bonchev–Trinajstić information content (AvgIpc) is 2.85. The van der Waals surface area contributed by atoms with E-state index in [0.717, 1.165) is 5.56 Å². The van der Waals surface area contributed by atoms with Crippen molar-refractivity contribution < 1.29 is 14.3 Å². The Morgan fingerprint density at radius 1 is 1.50 bits per heavy atom. The molecule has 0 saturated carbocycles. The van der Waals surface area contributed by atoms with Gasteiger partial charge in [-0.15, -0.1) is 0 Å². The molecule has 0 fully saturated rings. The number of aliphatic carboxylic acids is 1. The fourth-order valence-corrected chi connectivity index (χ4v) is 1.95.